The van der Waals surface area contributed by atoms with Crippen LogP contribution in [0.25, 0.3) is 78.0 Å². The van der Waals surface area contributed by atoms with Gasteiger partial charge in [-0.3, -0.25) is 4.57 Å². The van der Waals surface area contributed by atoms with E-state index in [1.54, 1.807) is 0 Å². The van der Waals surface area contributed by atoms with E-state index in [4.69, 9.17) is 4.98 Å². The average Bonchev–Trinajstić information content (AvgIpc) is 3.88. The van der Waals surface area contributed by atoms with Crippen molar-refractivity contribution in [2.45, 2.75) is 31.2 Å². The van der Waals surface area contributed by atoms with Crippen LogP contribution < -0.4 is 9.13 Å². The molecule has 0 saturated carbocycles. The van der Waals surface area contributed by atoms with Gasteiger partial charge in [-0.2, -0.15) is 9.13 Å². The van der Waals surface area contributed by atoms with Crippen LogP contribution in [-0.2, 0) is 5.41 Å². The zero-order valence-electron chi connectivity index (χ0n) is 37.9. The van der Waals surface area contributed by atoms with E-state index >= 15 is 0 Å². The summed E-state index contributed by atoms with van der Waals surface area (Å²) in [5, 5.41) is 2.48. The molecule has 4 bridgehead atoms. The van der Waals surface area contributed by atoms with Crippen molar-refractivity contribution in [1.29, 1.82) is 0 Å². The molecule has 0 amide bonds. The highest BCUT2D eigenvalue weighted by Gasteiger charge is 2.52. The summed E-state index contributed by atoms with van der Waals surface area (Å²) in [5.41, 5.74) is 19.5. The topological polar surface area (TPSA) is 25.6 Å². The van der Waals surface area contributed by atoms with Gasteiger partial charge in [-0.1, -0.05) is 170 Å². The number of nitrogens with zero attached hydrogens (tertiary/aromatic N) is 4. The number of pyridine rings is 3. The summed E-state index contributed by atoms with van der Waals surface area (Å²) >= 11 is 0. The van der Waals surface area contributed by atoms with Crippen LogP contribution in [-0.4, -0.2) is 9.55 Å². The van der Waals surface area contributed by atoms with Crippen LogP contribution in [0.2, 0.25) is 0 Å². The monoisotopic (exact) mass is 872 g/mol. The van der Waals surface area contributed by atoms with Crippen molar-refractivity contribution >= 4 is 38.6 Å². The highest BCUT2D eigenvalue weighted by atomic mass is 15.1. The molecule has 10 aromatic rings. The molecular weight excluding hydrogens is 825 g/mol. The highest BCUT2D eigenvalue weighted by Crippen LogP contribution is 2.52. The fourth-order valence-electron chi connectivity index (χ4n) is 12.5. The minimum Gasteiger partial charge on any atom is -0.293 e. The third-order valence-corrected chi connectivity index (χ3v) is 15.7. The number of hydrogen-bond donors (Lipinski definition) is 0. The van der Waals surface area contributed by atoms with Gasteiger partial charge < -0.3 is 0 Å². The molecule has 0 radical (unpaired) electrons. The van der Waals surface area contributed by atoms with Gasteiger partial charge in [0.15, 0.2) is 29.8 Å². The molecule has 4 nitrogen and oxygen atoms in total. The number of fused-ring (bicyclic) bond motifs is 12. The zero-order valence-corrected chi connectivity index (χ0v) is 37.9. The second-order valence-electron chi connectivity index (χ2n) is 19.2. The average molecular weight is 873 g/mol. The lowest BCUT2D eigenvalue weighted by Gasteiger charge is -2.37. The molecule has 0 spiro atoms. The Kier molecular flexibility index (Phi) is 8.70. The maximum Gasteiger partial charge on any atom is 0.214 e. The van der Waals surface area contributed by atoms with Gasteiger partial charge in [0.2, 0.25) is 5.69 Å². The molecule has 4 heteroatoms. The van der Waals surface area contributed by atoms with Crippen molar-refractivity contribution in [3.8, 4) is 39.3 Å². The summed E-state index contributed by atoms with van der Waals surface area (Å²) < 4.78 is 7.60. The summed E-state index contributed by atoms with van der Waals surface area (Å²) in [4.78, 5) is 5.84. The Hall–Kier alpha value is -8.21. The van der Waals surface area contributed by atoms with Gasteiger partial charge in [-0.25, -0.2) is 4.98 Å². The summed E-state index contributed by atoms with van der Waals surface area (Å²) in [7, 11) is 0. The van der Waals surface area contributed by atoms with E-state index in [9.17, 15) is 0 Å². The van der Waals surface area contributed by atoms with Gasteiger partial charge in [0.25, 0.3) is 0 Å². The van der Waals surface area contributed by atoms with E-state index in [0.29, 0.717) is 0 Å². The standard InChI is InChI=1S/C64H48N4/c1-64-55-38-46(45-31-29-44(30-32-45)42-16-4-2-5-17-42)33-34-48(55)40-58(67-36-13-12-27-61(64)67)54(41-59-50-21-9-8-20-49(50)57-39-47(35-37-66(57)59)43-18-6-3-7-19-43)53-24-14-23-52-51-22-10-11-25-56(51)68(63(52)53)62-28-15-26-60(64)65-62/h2-39,48,55,59H,40-41H2,1H3/q+2/b58-54+. The van der Waals surface area contributed by atoms with E-state index in [1.807, 2.05) is 0 Å². The lowest BCUT2D eigenvalue weighted by molar-refractivity contribution is -0.696. The van der Waals surface area contributed by atoms with Crippen molar-refractivity contribution < 1.29 is 9.13 Å². The quantitative estimate of drug-likeness (QED) is 0.158. The van der Waals surface area contributed by atoms with Crippen molar-refractivity contribution in [3.63, 3.8) is 0 Å². The highest BCUT2D eigenvalue weighted by molar-refractivity contribution is 6.13. The van der Waals surface area contributed by atoms with Crippen LogP contribution in [0.5, 0.6) is 0 Å². The number of hydrogen-bond acceptors (Lipinski definition) is 1. The first-order valence-electron chi connectivity index (χ1n) is 24.1. The number of benzene rings is 6. The second kappa shape index (κ2) is 15.2. The number of aromatic nitrogens is 4. The molecule has 4 atom stereocenters. The van der Waals surface area contributed by atoms with Crippen LogP contribution >= 0.6 is 0 Å². The van der Waals surface area contributed by atoms with Crippen molar-refractivity contribution in [1.82, 2.24) is 9.55 Å². The third-order valence-electron chi connectivity index (χ3n) is 15.7. The summed E-state index contributed by atoms with van der Waals surface area (Å²) in [6.07, 6.45) is 13.9. The Morgan fingerprint density at radius 3 is 2.15 bits per heavy atom. The third kappa shape index (κ3) is 5.83. The van der Waals surface area contributed by atoms with Crippen molar-refractivity contribution in [3.05, 3.63) is 259 Å². The second-order valence-corrected chi connectivity index (χ2v) is 19.2. The molecule has 68 heavy (non-hydrogen) atoms. The lowest BCUT2D eigenvalue weighted by Crippen LogP contribution is -2.46. The number of rotatable bonds is 5. The summed E-state index contributed by atoms with van der Waals surface area (Å²) in [6.45, 7) is 2.47. The molecule has 0 saturated heterocycles. The molecule has 6 aromatic carbocycles. The van der Waals surface area contributed by atoms with Gasteiger partial charge in [0, 0.05) is 70.5 Å². The van der Waals surface area contributed by atoms with Gasteiger partial charge in [-0.05, 0) is 70.5 Å². The molecule has 4 unspecified atom stereocenters. The Balaban J connectivity index is 1.03. The van der Waals surface area contributed by atoms with E-state index in [1.165, 1.54) is 94.5 Å². The molecule has 7 heterocycles. The molecular formula is C64H48N4+2. The van der Waals surface area contributed by atoms with E-state index in [2.05, 4.69) is 251 Å². The Morgan fingerprint density at radius 1 is 0.603 bits per heavy atom. The largest absolute Gasteiger partial charge is 0.293 e. The minimum absolute atomic E-state index is 0.0661. The fourth-order valence-corrected chi connectivity index (χ4v) is 12.5. The molecule has 3 aliphatic heterocycles. The SMILES string of the molecule is CC12c3cccc(n3)-n3c4ccccc4c4cccc(c43)/C(CC3c4ccccc4-c4cc(-c5ccccc5)cc[n+]43)=C(\CC3C=CC(c4ccc(-c5ccccc5)cc4)=CC31)[n+]1ccccc12. The smallest absolute Gasteiger partial charge is 0.214 e. The number of para-hydroxylation sites is 2. The Bertz CT molecular complexity index is 3760. The van der Waals surface area contributed by atoms with Crippen molar-refractivity contribution in [2.75, 3.05) is 0 Å². The summed E-state index contributed by atoms with van der Waals surface area (Å²) in [5.74, 6) is 1.24. The normalized spacial score (nSPS) is 20.8. The lowest BCUT2D eigenvalue weighted by atomic mass is 9.64. The van der Waals surface area contributed by atoms with E-state index < -0.39 is 5.41 Å². The molecule has 322 valence electrons. The summed E-state index contributed by atoms with van der Waals surface area (Å²) in [6, 6.07) is 74.0. The van der Waals surface area contributed by atoms with Crippen LogP contribution in [0.15, 0.2) is 231 Å². The Labute approximate surface area is 396 Å². The van der Waals surface area contributed by atoms with Crippen LogP contribution in [0, 0.1) is 11.8 Å². The maximum absolute atomic E-state index is 5.84. The zero-order chi connectivity index (χ0) is 44.9. The van der Waals surface area contributed by atoms with Gasteiger partial charge >= 0.3 is 0 Å². The predicted molar refractivity (Wildman–Crippen MR) is 276 cm³/mol. The first kappa shape index (κ1) is 39.0. The molecule has 0 fully saturated rings. The fraction of sp³-hybridized carbons (Fsp3) is 0.109. The van der Waals surface area contributed by atoms with E-state index in [0.717, 1.165) is 24.4 Å². The van der Waals surface area contributed by atoms with Crippen LogP contribution in [0.1, 0.15) is 53.9 Å². The molecule has 4 aromatic heterocycles. The van der Waals surface area contributed by atoms with Gasteiger partial charge in [0.1, 0.15) is 11.2 Å². The minimum atomic E-state index is -0.511. The molecule has 0 N–H and O–H groups in total. The predicted octanol–water partition coefficient (Wildman–Crippen LogP) is 14.0. The molecule has 4 aliphatic rings. The molecule has 14 rings (SSSR count). The number of allylic oxidation sites excluding steroid dienone is 6. The first-order chi connectivity index (χ1) is 33.6. The van der Waals surface area contributed by atoms with Gasteiger partial charge in [0.05, 0.1) is 22.3 Å². The maximum atomic E-state index is 5.84. The molecule has 1 aliphatic carbocycles. The first-order valence-corrected chi connectivity index (χ1v) is 24.1. The van der Waals surface area contributed by atoms with E-state index in [-0.39, 0.29) is 17.9 Å². The Morgan fingerprint density at radius 2 is 1.29 bits per heavy atom. The van der Waals surface area contributed by atoms with Crippen LogP contribution in [0.3, 0.4) is 0 Å². The van der Waals surface area contributed by atoms with Crippen LogP contribution in [0.4, 0.5) is 0 Å². The van der Waals surface area contributed by atoms with Gasteiger partial charge in [-0.15, -0.1) is 0 Å². The van der Waals surface area contributed by atoms with Crippen molar-refractivity contribution in [2.24, 2.45) is 11.8 Å².